The second kappa shape index (κ2) is 3.07. The highest BCUT2D eigenvalue weighted by atomic mass is 15.1. The van der Waals surface area contributed by atoms with Gasteiger partial charge in [0.05, 0.1) is 12.5 Å². The zero-order chi connectivity index (χ0) is 10.1. The molecule has 14 heavy (non-hydrogen) atoms. The fourth-order valence-corrected chi connectivity index (χ4v) is 1.26. The van der Waals surface area contributed by atoms with Gasteiger partial charge < -0.3 is 4.57 Å². The van der Waals surface area contributed by atoms with Crippen molar-refractivity contribution in [3.8, 4) is 6.07 Å². The molecule has 2 heterocycles. The van der Waals surface area contributed by atoms with Gasteiger partial charge in [0.2, 0.25) is 5.82 Å². The monoisotopic (exact) mass is 187 g/mol. The van der Waals surface area contributed by atoms with E-state index in [2.05, 4.69) is 15.0 Å². The van der Waals surface area contributed by atoms with Gasteiger partial charge in [-0.25, -0.2) is 9.97 Å². The van der Waals surface area contributed by atoms with E-state index >= 15 is 0 Å². The summed E-state index contributed by atoms with van der Waals surface area (Å²) in [6.45, 7) is 4.07. The molecule has 0 saturated carbocycles. The largest absolute Gasteiger partial charge is 0.313 e. The molecule has 0 spiro atoms. The summed E-state index contributed by atoms with van der Waals surface area (Å²) in [5, 5.41) is 8.66. The van der Waals surface area contributed by atoms with E-state index in [1.807, 2.05) is 24.5 Å². The Morgan fingerprint density at radius 3 is 2.86 bits per heavy atom. The number of nitrogens with zero attached hydrogens (tertiary/aromatic N) is 5. The van der Waals surface area contributed by atoms with Crippen LogP contribution in [0.15, 0.2) is 12.5 Å². The fourth-order valence-electron chi connectivity index (χ4n) is 1.26. The van der Waals surface area contributed by atoms with Crippen LogP contribution in [0.2, 0.25) is 0 Å². The Labute approximate surface area is 81.0 Å². The second-order valence-electron chi connectivity index (χ2n) is 3.26. The fraction of sp³-hybridized carbons (Fsp3) is 0.333. The molecular formula is C9H9N5. The lowest BCUT2D eigenvalue weighted by Gasteiger charge is -2.05. The maximum Gasteiger partial charge on any atom is 0.234 e. The summed E-state index contributed by atoms with van der Waals surface area (Å²) in [6.07, 6.45) is 3.28. The first-order chi connectivity index (χ1) is 6.72. The molecule has 0 aliphatic carbocycles. The van der Waals surface area contributed by atoms with Crippen molar-refractivity contribution in [1.29, 1.82) is 5.26 Å². The molecule has 5 nitrogen and oxygen atoms in total. The van der Waals surface area contributed by atoms with Gasteiger partial charge in [-0.2, -0.15) is 10.2 Å². The molecule has 2 rings (SSSR count). The standard InChI is InChI=1S/C9H9N5/c1-6(2)14-5-12-7-4-11-8(3-10)13-9(7)14/h4-6H,1-2H3. The third-order valence-corrected chi connectivity index (χ3v) is 1.97. The van der Waals surface area contributed by atoms with Gasteiger partial charge in [-0.3, -0.25) is 0 Å². The average molecular weight is 187 g/mol. The minimum Gasteiger partial charge on any atom is -0.313 e. The molecule has 0 bridgehead atoms. The Hall–Kier alpha value is -1.96. The Kier molecular flexibility index (Phi) is 1.89. The number of imidazole rings is 1. The van der Waals surface area contributed by atoms with Crippen LogP contribution >= 0.6 is 0 Å². The van der Waals surface area contributed by atoms with Gasteiger partial charge in [0.25, 0.3) is 0 Å². The minimum atomic E-state index is 0.180. The molecular weight excluding hydrogens is 178 g/mol. The first kappa shape index (κ1) is 8.63. The van der Waals surface area contributed by atoms with Gasteiger partial charge in [0.15, 0.2) is 5.65 Å². The van der Waals surface area contributed by atoms with Crippen molar-refractivity contribution < 1.29 is 0 Å². The second-order valence-corrected chi connectivity index (χ2v) is 3.26. The topological polar surface area (TPSA) is 67.4 Å². The molecule has 0 amide bonds. The normalized spacial score (nSPS) is 10.7. The van der Waals surface area contributed by atoms with Crippen LogP contribution in [0.3, 0.4) is 0 Å². The molecule has 0 N–H and O–H groups in total. The van der Waals surface area contributed by atoms with Crippen molar-refractivity contribution in [1.82, 2.24) is 19.5 Å². The average Bonchev–Trinajstić information content (AvgIpc) is 2.59. The van der Waals surface area contributed by atoms with E-state index in [-0.39, 0.29) is 11.9 Å². The molecule has 2 aromatic rings. The quantitative estimate of drug-likeness (QED) is 0.674. The van der Waals surface area contributed by atoms with E-state index in [9.17, 15) is 0 Å². The lowest BCUT2D eigenvalue weighted by molar-refractivity contribution is 0.612. The molecule has 0 aromatic carbocycles. The van der Waals surface area contributed by atoms with Crippen molar-refractivity contribution in [2.24, 2.45) is 0 Å². The Morgan fingerprint density at radius 1 is 1.43 bits per heavy atom. The van der Waals surface area contributed by atoms with Crippen molar-refractivity contribution >= 4 is 11.2 Å². The van der Waals surface area contributed by atoms with Gasteiger partial charge in [-0.1, -0.05) is 0 Å². The molecule has 0 fully saturated rings. The Morgan fingerprint density at radius 2 is 2.21 bits per heavy atom. The Bertz CT molecular complexity index is 505. The minimum absolute atomic E-state index is 0.180. The highest BCUT2D eigenvalue weighted by Gasteiger charge is 2.07. The maximum atomic E-state index is 8.66. The summed E-state index contributed by atoms with van der Waals surface area (Å²) in [5.74, 6) is 0.180. The van der Waals surface area contributed by atoms with Gasteiger partial charge in [-0.15, -0.1) is 0 Å². The molecule has 70 valence electrons. The number of hydrogen-bond acceptors (Lipinski definition) is 4. The van der Waals surface area contributed by atoms with Gasteiger partial charge >= 0.3 is 0 Å². The summed E-state index contributed by atoms with van der Waals surface area (Å²) >= 11 is 0. The van der Waals surface area contributed by atoms with Crippen LogP contribution in [0, 0.1) is 11.3 Å². The molecule has 0 aliphatic heterocycles. The van der Waals surface area contributed by atoms with Gasteiger partial charge in [-0.05, 0) is 13.8 Å². The lowest BCUT2D eigenvalue weighted by atomic mass is 10.4. The van der Waals surface area contributed by atoms with Crippen molar-refractivity contribution in [2.75, 3.05) is 0 Å². The summed E-state index contributed by atoms with van der Waals surface area (Å²) < 4.78 is 1.91. The van der Waals surface area contributed by atoms with Crippen molar-refractivity contribution in [2.45, 2.75) is 19.9 Å². The Balaban J connectivity index is 2.71. The predicted molar refractivity (Wildman–Crippen MR) is 50.4 cm³/mol. The van der Waals surface area contributed by atoms with E-state index < -0.39 is 0 Å². The zero-order valence-electron chi connectivity index (χ0n) is 7.97. The van der Waals surface area contributed by atoms with Crippen LogP contribution in [0.4, 0.5) is 0 Å². The lowest BCUT2D eigenvalue weighted by Crippen LogP contribution is -2.01. The zero-order valence-corrected chi connectivity index (χ0v) is 7.97. The SMILES string of the molecule is CC(C)n1cnc2cnc(C#N)nc21. The number of rotatable bonds is 1. The predicted octanol–water partition coefficient (Wildman–Crippen LogP) is 1.28. The summed E-state index contributed by atoms with van der Waals surface area (Å²) in [6, 6.07) is 2.19. The van der Waals surface area contributed by atoms with E-state index in [1.165, 1.54) is 0 Å². The summed E-state index contributed by atoms with van der Waals surface area (Å²) in [7, 11) is 0. The van der Waals surface area contributed by atoms with E-state index in [0.29, 0.717) is 5.65 Å². The van der Waals surface area contributed by atoms with Crippen molar-refractivity contribution in [3.05, 3.63) is 18.3 Å². The van der Waals surface area contributed by atoms with Crippen LogP contribution < -0.4 is 0 Å². The first-order valence-electron chi connectivity index (χ1n) is 4.32. The summed E-state index contributed by atoms with van der Waals surface area (Å²) in [4.78, 5) is 12.1. The molecule has 2 aromatic heterocycles. The third-order valence-electron chi connectivity index (χ3n) is 1.97. The van der Waals surface area contributed by atoms with Gasteiger partial charge in [0.1, 0.15) is 11.6 Å². The number of hydrogen-bond donors (Lipinski definition) is 0. The highest BCUT2D eigenvalue weighted by molar-refractivity contribution is 5.69. The third kappa shape index (κ3) is 1.21. The molecule has 0 saturated heterocycles. The smallest absolute Gasteiger partial charge is 0.234 e. The number of nitriles is 1. The van der Waals surface area contributed by atoms with Crippen LogP contribution in [0.25, 0.3) is 11.2 Å². The summed E-state index contributed by atoms with van der Waals surface area (Å²) in [5.41, 5.74) is 1.43. The molecule has 0 unspecified atom stereocenters. The van der Waals surface area contributed by atoms with E-state index in [0.717, 1.165) is 5.52 Å². The molecule has 0 radical (unpaired) electrons. The van der Waals surface area contributed by atoms with E-state index in [1.54, 1.807) is 12.5 Å². The molecule has 0 aliphatic rings. The number of fused-ring (bicyclic) bond motifs is 1. The highest BCUT2D eigenvalue weighted by Crippen LogP contribution is 2.13. The maximum absolute atomic E-state index is 8.66. The first-order valence-corrected chi connectivity index (χ1v) is 4.32. The molecule has 5 heteroatoms. The van der Waals surface area contributed by atoms with Crippen molar-refractivity contribution in [3.63, 3.8) is 0 Å². The van der Waals surface area contributed by atoms with Crippen LogP contribution in [0.5, 0.6) is 0 Å². The van der Waals surface area contributed by atoms with Crippen LogP contribution in [-0.4, -0.2) is 19.5 Å². The van der Waals surface area contributed by atoms with Crippen LogP contribution in [-0.2, 0) is 0 Å². The van der Waals surface area contributed by atoms with Gasteiger partial charge in [0, 0.05) is 6.04 Å². The molecule has 0 atom stereocenters. The number of aromatic nitrogens is 4. The van der Waals surface area contributed by atoms with E-state index in [4.69, 9.17) is 5.26 Å². The van der Waals surface area contributed by atoms with Crippen LogP contribution in [0.1, 0.15) is 25.7 Å².